The molecule has 1 heterocycles. The lowest BCUT2D eigenvalue weighted by Gasteiger charge is -2.37. The van der Waals surface area contributed by atoms with E-state index in [0.29, 0.717) is 11.7 Å². The number of ketones is 1. The molecule has 2 nitrogen and oxygen atoms in total. The monoisotopic (exact) mass is 206 g/mol. The Morgan fingerprint density at radius 3 is 2.73 bits per heavy atom. The zero-order valence-corrected chi connectivity index (χ0v) is 9.67. The summed E-state index contributed by atoms with van der Waals surface area (Å²) in [4.78, 5) is 11.2. The minimum atomic E-state index is 0.143. The molecule has 2 heteroatoms. The van der Waals surface area contributed by atoms with E-state index in [2.05, 4.69) is 26.8 Å². The molecule has 1 aliphatic heterocycles. The quantitative estimate of drug-likeness (QED) is 0.487. The van der Waals surface area contributed by atoms with Crippen molar-refractivity contribution >= 4 is 5.78 Å². The molecule has 1 unspecified atom stereocenters. The number of hydrogen-bond acceptors (Lipinski definition) is 2. The van der Waals surface area contributed by atoms with Crippen molar-refractivity contribution in [2.75, 3.05) is 6.61 Å². The highest BCUT2D eigenvalue weighted by Crippen LogP contribution is 2.42. The van der Waals surface area contributed by atoms with Gasteiger partial charge in [0.15, 0.2) is 12.4 Å². The molecular formula is C13H18O2. The third kappa shape index (κ3) is 1.85. The number of Topliss-reactive ketones (excluding diaryl/α,β-unsaturated/α-hetero) is 1. The third-order valence-electron chi connectivity index (χ3n) is 3.54. The molecule has 0 bridgehead atoms. The highest BCUT2D eigenvalue weighted by molar-refractivity contribution is 5.99. The van der Waals surface area contributed by atoms with E-state index in [0.717, 1.165) is 6.42 Å². The van der Waals surface area contributed by atoms with Crippen LogP contribution in [-0.2, 0) is 9.53 Å². The maximum Gasteiger partial charge on any atom is 0.234 e. The van der Waals surface area contributed by atoms with Crippen LogP contribution in [0.15, 0.2) is 23.5 Å². The Morgan fingerprint density at radius 1 is 1.53 bits per heavy atom. The van der Waals surface area contributed by atoms with Gasteiger partial charge < -0.3 is 4.74 Å². The number of carbonyl (C=O) groups excluding carboxylic acids is 1. The SMILES string of the molecule is CC1=CCCC(C)(C)C1C=C1OCC1=O. The van der Waals surface area contributed by atoms with Gasteiger partial charge in [0.2, 0.25) is 5.78 Å². The van der Waals surface area contributed by atoms with Gasteiger partial charge in [-0.2, -0.15) is 0 Å². The first-order valence-electron chi connectivity index (χ1n) is 5.55. The smallest absolute Gasteiger partial charge is 0.234 e. The second-order valence-corrected chi connectivity index (χ2v) is 5.20. The molecule has 0 saturated carbocycles. The maximum absolute atomic E-state index is 11.2. The van der Waals surface area contributed by atoms with Crippen molar-refractivity contribution < 1.29 is 9.53 Å². The molecule has 0 radical (unpaired) electrons. The molecule has 1 fully saturated rings. The molecule has 1 atom stereocenters. The van der Waals surface area contributed by atoms with Crippen molar-refractivity contribution in [1.29, 1.82) is 0 Å². The van der Waals surface area contributed by atoms with Gasteiger partial charge in [-0.1, -0.05) is 25.5 Å². The lowest BCUT2D eigenvalue weighted by Crippen LogP contribution is -2.31. The van der Waals surface area contributed by atoms with Gasteiger partial charge in [0, 0.05) is 5.92 Å². The molecule has 0 aromatic heterocycles. The minimum Gasteiger partial charge on any atom is -0.482 e. The van der Waals surface area contributed by atoms with Crippen LogP contribution in [0.25, 0.3) is 0 Å². The summed E-state index contributed by atoms with van der Waals surface area (Å²) in [6.45, 7) is 6.93. The highest BCUT2D eigenvalue weighted by atomic mass is 16.5. The second-order valence-electron chi connectivity index (χ2n) is 5.20. The highest BCUT2D eigenvalue weighted by Gasteiger charge is 2.34. The van der Waals surface area contributed by atoms with Crippen LogP contribution in [0.4, 0.5) is 0 Å². The van der Waals surface area contributed by atoms with Crippen LogP contribution < -0.4 is 0 Å². The van der Waals surface area contributed by atoms with Gasteiger partial charge in [-0.15, -0.1) is 0 Å². The van der Waals surface area contributed by atoms with Crippen LogP contribution >= 0.6 is 0 Å². The Bertz CT molecular complexity index is 348. The fraction of sp³-hybridized carbons (Fsp3) is 0.615. The molecule has 1 aliphatic carbocycles. The zero-order valence-electron chi connectivity index (χ0n) is 9.67. The topological polar surface area (TPSA) is 26.3 Å². The average Bonchev–Trinajstić information content (AvgIpc) is 2.14. The molecule has 0 aromatic rings. The van der Waals surface area contributed by atoms with Crippen LogP contribution in [-0.4, -0.2) is 12.4 Å². The Kier molecular flexibility index (Phi) is 2.45. The van der Waals surface area contributed by atoms with Crippen LogP contribution in [0, 0.1) is 11.3 Å². The van der Waals surface area contributed by atoms with E-state index in [1.807, 2.05) is 6.08 Å². The lowest BCUT2D eigenvalue weighted by molar-refractivity contribution is -0.131. The van der Waals surface area contributed by atoms with Gasteiger partial charge in [0.1, 0.15) is 0 Å². The summed E-state index contributed by atoms with van der Waals surface area (Å²) in [6.07, 6.45) is 6.60. The predicted octanol–water partition coefficient (Wildman–Crippen LogP) is 2.85. The van der Waals surface area contributed by atoms with Crippen molar-refractivity contribution in [3.63, 3.8) is 0 Å². The van der Waals surface area contributed by atoms with Crippen LogP contribution in [0.2, 0.25) is 0 Å². The fourth-order valence-electron chi connectivity index (χ4n) is 2.43. The van der Waals surface area contributed by atoms with Gasteiger partial charge in [0.05, 0.1) is 0 Å². The van der Waals surface area contributed by atoms with Gasteiger partial charge in [-0.3, -0.25) is 4.79 Å². The summed E-state index contributed by atoms with van der Waals surface area (Å²) in [5.41, 5.74) is 1.60. The van der Waals surface area contributed by atoms with Gasteiger partial charge in [-0.25, -0.2) is 0 Å². The Labute approximate surface area is 91.0 Å². The Morgan fingerprint density at radius 2 is 2.27 bits per heavy atom. The first-order valence-corrected chi connectivity index (χ1v) is 5.55. The molecule has 2 aliphatic rings. The Balaban J connectivity index is 2.25. The van der Waals surface area contributed by atoms with Gasteiger partial charge in [0.25, 0.3) is 0 Å². The number of carbonyl (C=O) groups is 1. The summed E-state index contributed by atoms with van der Waals surface area (Å²) in [6, 6.07) is 0. The van der Waals surface area contributed by atoms with Crippen molar-refractivity contribution in [2.45, 2.75) is 33.6 Å². The predicted molar refractivity (Wildman–Crippen MR) is 59.3 cm³/mol. The van der Waals surface area contributed by atoms with E-state index in [9.17, 15) is 4.79 Å². The summed E-state index contributed by atoms with van der Waals surface area (Å²) < 4.78 is 5.17. The second kappa shape index (κ2) is 3.51. The van der Waals surface area contributed by atoms with Gasteiger partial charge in [-0.05, 0) is 31.3 Å². The van der Waals surface area contributed by atoms with E-state index >= 15 is 0 Å². The van der Waals surface area contributed by atoms with E-state index in [4.69, 9.17) is 4.74 Å². The lowest BCUT2D eigenvalue weighted by atomic mass is 9.68. The average molecular weight is 206 g/mol. The van der Waals surface area contributed by atoms with E-state index < -0.39 is 0 Å². The number of rotatable bonds is 1. The normalized spacial score (nSPS) is 31.9. The molecule has 15 heavy (non-hydrogen) atoms. The molecule has 1 saturated heterocycles. The van der Waals surface area contributed by atoms with E-state index in [-0.39, 0.29) is 17.8 Å². The largest absolute Gasteiger partial charge is 0.482 e. The minimum absolute atomic E-state index is 0.143. The number of hydrogen-bond donors (Lipinski definition) is 0. The molecule has 0 spiro atoms. The van der Waals surface area contributed by atoms with E-state index in [1.54, 1.807) is 0 Å². The van der Waals surface area contributed by atoms with Crippen molar-refractivity contribution in [2.24, 2.45) is 11.3 Å². The standard InChI is InChI=1S/C13H18O2/c1-9-5-4-6-13(2,3)10(9)7-12-11(14)8-15-12/h5,7,10H,4,6,8H2,1-3H3. The maximum atomic E-state index is 11.2. The van der Waals surface area contributed by atoms with Gasteiger partial charge >= 0.3 is 0 Å². The fourth-order valence-corrected chi connectivity index (χ4v) is 2.43. The number of ether oxygens (including phenoxy) is 1. The summed E-state index contributed by atoms with van der Waals surface area (Å²) in [5, 5.41) is 0. The van der Waals surface area contributed by atoms with Crippen LogP contribution in [0.5, 0.6) is 0 Å². The number of allylic oxidation sites excluding steroid dienone is 3. The summed E-state index contributed by atoms with van der Waals surface area (Å²) in [7, 11) is 0. The van der Waals surface area contributed by atoms with E-state index in [1.165, 1.54) is 12.0 Å². The van der Waals surface area contributed by atoms with Crippen LogP contribution in [0.3, 0.4) is 0 Å². The van der Waals surface area contributed by atoms with Crippen molar-refractivity contribution in [3.05, 3.63) is 23.5 Å². The summed E-state index contributed by atoms with van der Waals surface area (Å²) in [5.74, 6) is 1.07. The summed E-state index contributed by atoms with van der Waals surface area (Å²) >= 11 is 0. The van der Waals surface area contributed by atoms with Crippen molar-refractivity contribution in [1.82, 2.24) is 0 Å². The molecule has 82 valence electrons. The van der Waals surface area contributed by atoms with Crippen molar-refractivity contribution in [3.8, 4) is 0 Å². The van der Waals surface area contributed by atoms with Crippen LogP contribution in [0.1, 0.15) is 33.6 Å². The zero-order chi connectivity index (χ0) is 11.1. The first kappa shape index (κ1) is 10.5. The molecule has 2 rings (SSSR count). The molecule has 0 N–H and O–H groups in total. The third-order valence-corrected chi connectivity index (χ3v) is 3.54. The first-order chi connectivity index (χ1) is 7.00. The Hall–Kier alpha value is -1.05. The molecule has 0 amide bonds. The molecule has 0 aromatic carbocycles. The molecular weight excluding hydrogens is 188 g/mol.